The summed E-state index contributed by atoms with van der Waals surface area (Å²) in [7, 11) is 0. The van der Waals surface area contributed by atoms with Crippen molar-refractivity contribution in [1.29, 1.82) is 0 Å². The number of ether oxygens (including phenoxy) is 1. The topological polar surface area (TPSA) is 93.8 Å². The largest absolute Gasteiger partial charge is 0.490 e. The number of carbonyl (C=O) groups is 2. The molecular weight excluding hydrogens is 301 g/mol. The Morgan fingerprint density at radius 1 is 1.39 bits per heavy atom. The van der Waals surface area contributed by atoms with Crippen molar-refractivity contribution >= 4 is 23.7 Å². The number of benzene rings is 1. The van der Waals surface area contributed by atoms with Gasteiger partial charge in [0.05, 0.1) is 17.9 Å². The lowest BCUT2D eigenvalue weighted by Gasteiger charge is -2.12. The summed E-state index contributed by atoms with van der Waals surface area (Å²) in [6.45, 7) is 0.716. The number of nitrogens with zero attached hydrogens (tertiary/aromatic N) is 1. The SMILES string of the molecule is NC(=O)CCCOc1cc2c(cc1F)C(=O)NCCCCC=N2. The van der Waals surface area contributed by atoms with Crippen molar-refractivity contribution in [1.82, 2.24) is 5.32 Å². The molecule has 0 atom stereocenters. The molecule has 0 saturated carbocycles. The van der Waals surface area contributed by atoms with E-state index < -0.39 is 11.7 Å². The summed E-state index contributed by atoms with van der Waals surface area (Å²) < 4.78 is 19.4. The molecule has 1 aromatic rings. The number of nitrogens with one attached hydrogen (secondary N) is 1. The minimum absolute atomic E-state index is 0.00947. The third-order valence-corrected chi connectivity index (χ3v) is 3.40. The maximum absolute atomic E-state index is 14.1. The van der Waals surface area contributed by atoms with Crippen molar-refractivity contribution in [3.63, 3.8) is 0 Å². The molecular formula is C16H20FN3O3. The van der Waals surface area contributed by atoms with Gasteiger partial charge in [-0.3, -0.25) is 14.6 Å². The summed E-state index contributed by atoms with van der Waals surface area (Å²) >= 11 is 0. The Morgan fingerprint density at radius 2 is 2.22 bits per heavy atom. The van der Waals surface area contributed by atoms with Crippen LogP contribution in [-0.2, 0) is 4.79 Å². The first-order valence-electron chi connectivity index (χ1n) is 7.63. The average molecular weight is 321 g/mol. The lowest BCUT2D eigenvalue weighted by atomic mass is 10.1. The summed E-state index contributed by atoms with van der Waals surface area (Å²) in [5, 5.41) is 2.75. The molecule has 23 heavy (non-hydrogen) atoms. The molecule has 0 aromatic heterocycles. The molecule has 0 spiro atoms. The summed E-state index contributed by atoms with van der Waals surface area (Å²) in [5.41, 5.74) is 5.59. The number of amides is 2. The van der Waals surface area contributed by atoms with Crippen molar-refractivity contribution in [2.75, 3.05) is 13.2 Å². The minimum atomic E-state index is -0.634. The van der Waals surface area contributed by atoms with Crippen LogP contribution < -0.4 is 15.8 Å². The number of hydrogen-bond acceptors (Lipinski definition) is 4. The molecule has 0 fully saturated rings. The Hall–Kier alpha value is -2.44. The predicted octanol–water partition coefficient (Wildman–Crippen LogP) is 2.09. The van der Waals surface area contributed by atoms with Crippen molar-refractivity contribution < 1.29 is 18.7 Å². The zero-order valence-electron chi connectivity index (χ0n) is 12.8. The average Bonchev–Trinajstić information content (AvgIpc) is 2.51. The van der Waals surface area contributed by atoms with Crippen molar-refractivity contribution in [3.05, 3.63) is 23.5 Å². The van der Waals surface area contributed by atoms with E-state index in [4.69, 9.17) is 10.5 Å². The van der Waals surface area contributed by atoms with Crippen molar-refractivity contribution in [2.45, 2.75) is 32.1 Å². The first kappa shape index (κ1) is 16.9. The van der Waals surface area contributed by atoms with Gasteiger partial charge in [-0.05, 0) is 31.7 Å². The molecule has 7 heteroatoms. The first-order valence-corrected chi connectivity index (χ1v) is 7.63. The van der Waals surface area contributed by atoms with Crippen LogP contribution in [-0.4, -0.2) is 31.2 Å². The van der Waals surface area contributed by atoms with E-state index in [1.54, 1.807) is 6.21 Å². The molecule has 2 rings (SSSR count). The fraction of sp³-hybridized carbons (Fsp3) is 0.438. The van der Waals surface area contributed by atoms with Gasteiger partial charge >= 0.3 is 0 Å². The van der Waals surface area contributed by atoms with Crippen LogP contribution in [0, 0.1) is 5.82 Å². The van der Waals surface area contributed by atoms with Gasteiger partial charge in [0, 0.05) is 25.2 Å². The van der Waals surface area contributed by atoms with E-state index >= 15 is 0 Å². The van der Waals surface area contributed by atoms with Gasteiger partial charge in [0.2, 0.25) is 5.91 Å². The third-order valence-electron chi connectivity index (χ3n) is 3.40. The fourth-order valence-electron chi connectivity index (χ4n) is 2.19. The number of primary amides is 1. The van der Waals surface area contributed by atoms with Gasteiger partial charge in [-0.15, -0.1) is 0 Å². The summed E-state index contributed by atoms with van der Waals surface area (Å²) in [5.74, 6) is -1.40. The van der Waals surface area contributed by atoms with E-state index in [1.807, 2.05) is 0 Å². The van der Waals surface area contributed by atoms with Gasteiger partial charge in [0.1, 0.15) is 0 Å². The fourth-order valence-corrected chi connectivity index (χ4v) is 2.19. The van der Waals surface area contributed by atoms with Crippen LogP contribution >= 0.6 is 0 Å². The van der Waals surface area contributed by atoms with Crippen molar-refractivity contribution in [2.24, 2.45) is 10.7 Å². The van der Waals surface area contributed by atoms with Gasteiger partial charge in [0.15, 0.2) is 11.6 Å². The molecule has 0 radical (unpaired) electrons. The highest BCUT2D eigenvalue weighted by Gasteiger charge is 2.16. The van der Waals surface area contributed by atoms with E-state index in [2.05, 4.69) is 10.3 Å². The van der Waals surface area contributed by atoms with E-state index in [9.17, 15) is 14.0 Å². The molecule has 1 heterocycles. The Bertz CT molecular complexity index is 617. The summed E-state index contributed by atoms with van der Waals surface area (Å²) in [4.78, 5) is 27.0. The normalized spacial score (nSPS) is 14.7. The monoisotopic (exact) mass is 321 g/mol. The number of aliphatic imine (C=N–C) groups is 1. The number of fused-ring (bicyclic) bond motifs is 1. The molecule has 0 unspecified atom stereocenters. The Morgan fingerprint density at radius 3 is 3.00 bits per heavy atom. The maximum atomic E-state index is 14.1. The molecule has 2 amide bonds. The number of carbonyl (C=O) groups excluding carboxylic acids is 2. The number of rotatable bonds is 5. The summed E-state index contributed by atoms with van der Waals surface area (Å²) in [6, 6.07) is 2.54. The van der Waals surface area contributed by atoms with Crippen LogP contribution in [0.2, 0.25) is 0 Å². The van der Waals surface area contributed by atoms with Crippen LogP contribution in [0.3, 0.4) is 0 Å². The zero-order valence-corrected chi connectivity index (χ0v) is 12.8. The van der Waals surface area contributed by atoms with Gasteiger partial charge in [-0.25, -0.2) is 4.39 Å². The molecule has 6 nitrogen and oxygen atoms in total. The van der Waals surface area contributed by atoms with Gasteiger partial charge in [0.25, 0.3) is 5.91 Å². The number of halogens is 1. The van der Waals surface area contributed by atoms with E-state index in [1.165, 1.54) is 6.07 Å². The summed E-state index contributed by atoms with van der Waals surface area (Å²) in [6.07, 6.45) is 4.88. The number of hydrogen-bond donors (Lipinski definition) is 2. The third kappa shape index (κ3) is 5.05. The van der Waals surface area contributed by atoms with Gasteiger partial charge in [-0.1, -0.05) is 0 Å². The lowest BCUT2D eigenvalue weighted by molar-refractivity contribution is -0.118. The molecule has 0 bridgehead atoms. The van der Waals surface area contributed by atoms with E-state index in [-0.39, 0.29) is 30.2 Å². The quantitative estimate of drug-likeness (QED) is 0.813. The Kier molecular flexibility index (Phi) is 6.08. The van der Waals surface area contributed by atoms with Crippen LogP contribution in [0.15, 0.2) is 17.1 Å². The first-order chi connectivity index (χ1) is 11.1. The Balaban J connectivity index is 2.18. The molecule has 0 saturated heterocycles. The highest BCUT2D eigenvalue weighted by atomic mass is 19.1. The zero-order chi connectivity index (χ0) is 16.7. The van der Waals surface area contributed by atoms with Crippen LogP contribution in [0.5, 0.6) is 5.75 Å². The van der Waals surface area contributed by atoms with Crippen LogP contribution in [0.25, 0.3) is 0 Å². The molecule has 1 aromatic carbocycles. The van der Waals surface area contributed by atoms with Crippen LogP contribution in [0.1, 0.15) is 42.5 Å². The predicted molar refractivity (Wildman–Crippen MR) is 84.7 cm³/mol. The van der Waals surface area contributed by atoms with Crippen LogP contribution in [0.4, 0.5) is 10.1 Å². The van der Waals surface area contributed by atoms with E-state index in [0.29, 0.717) is 18.7 Å². The smallest absolute Gasteiger partial charge is 0.253 e. The van der Waals surface area contributed by atoms with Crippen molar-refractivity contribution in [3.8, 4) is 5.75 Å². The molecule has 3 N–H and O–H groups in total. The van der Waals surface area contributed by atoms with Gasteiger partial charge < -0.3 is 15.8 Å². The highest BCUT2D eigenvalue weighted by Crippen LogP contribution is 2.29. The second-order valence-corrected chi connectivity index (χ2v) is 5.28. The number of nitrogens with two attached hydrogens (primary N) is 1. The molecule has 0 aliphatic carbocycles. The minimum Gasteiger partial charge on any atom is -0.490 e. The molecule has 124 valence electrons. The van der Waals surface area contributed by atoms with E-state index in [0.717, 1.165) is 25.3 Å². The second kappa shape index (κ2) is 8.26. The highest BCUT2D eigenvalue weighted by molar-refractivity contribution is 5.99. The Labute approximate surface area is 133 Å². The lowest BCUT2D eigenvalue weighted by Crippen LogP contribution is -2.25. The molecule has 1 aliphatic rings. The molecule has 1 aliphatic heterocycles. The van der Waals surface area contributed by atoms with Gasteiger partial charge in [-0.2, -0.15) is 0 Å². The standard InChI is InChI=1S/C16H20FN3O3/c17-12-9-11-13(10-14(12)23-8-4-5-15(18)21)19-6-2-1-3-7-20-16(11)22/h6,9-10H,1-5,7-8H2,(H2,18,21)(H,20,22). The maximum Gasteiger partial charge on any atom is 0.253 e. The second-order valence-electron chi connectivity index (χ2n) is 5.28.